The molecule has 0 fully saturated rings. The maximum atomic E-state index is 13.2. The largest absolute Gasteiger partial charge is 0.489 e. The van der Waals surface area contributed by atoms with Crippen LogP contribution >= 0.6 is 23.4 Å². The molecule has 2 heterocycles. The molecule has 0 radical (unpaired) electrons. The van der Waals surface area contributed by atoms with Gasteiger partial charge in [0.25, 0.3) is 0 Å². The van der Waals surface area contributed by atoms with Crippen LogP contribution in [0.3, 0.4) is 0 Å². The number of hydrogen-bond donors (Lipinski definition) is 1. The molecule has 37 heavy (non-hydrogen) atoms. The summed E-state index contributed by atoms with van der Waals surface area (Å²) in [6, 6.07) is 14.9. The minimum Gasteiger partial charge on any atom is -0.489 e. The number of allylic oxidation sites excluding steroid dienone is 1. The van der Waals surface area contributed by atoms with Crippen molar-refractivity contribution in [2.45, 2.75) is 64.3 Å². The Morgan fingerprint density at radius 3 is 2.51 bits per heavy atom. The van der Waals surface area contributed by atoms with Crippen LogP contribution in [0.4, 0.5) is 5.95 Å². The summed E-state index contributed by atoms with van der Waals surface area (Å²) in [6.07, 6.45) is 3.98. The summed E-state index contributed by atoms with van der Waals surface area (Å²) in [4.78, 5) is 17.9. The first-order valence-corrected chi connectivity index (χ1v) is 14.1. The Balaban J connectivity index is 1.59. The van der Waals surface area contributed by atoms with Crippen LogP contribution in [0, 0.1) is 0 Å². The van der Waals surface area contributed by atoms with Gasteiger partial charge >= 0.3 is 5.97 Å². The molecule has 1 N–H and O–H groups in total. The molecular formula is C28H33ClN4O3S. The molecule has 196 valence electrons. The van der Waals surface area contributed by atoms with Crippen LogP contribution in [0.2, 0.25) is 5.02 Å². The van der Waals surface area contributed by atoms with Crippen LogP contribution in [0.1, 0.15) is 63.6 Å². The fraction of sp³-hybridized carbons (Fsp3) is 0.393. The first-order valence-electron chi connectivity index (χ1n) is 12.7. The molecular weight excluding hydrogens is 508 g/mol. The highest BCUT2D eigenvalue weighted by Gasteiger charge is 2.35. The second kappa shape index (κ2) is 13.0. The van der Waals surface area contributed by atoms with Gasteiger partial charge < -0.3 is 14.8 Å². The zero-order chi connectivity index (χ0) is 26.2. The number of ether oxygens (including phenoxy) is 2. The fourth-order valence-electron chi connectivity index (χ4n) is 3.95. The monoisotopic (exact) mass is 540 g/mol. The number of anilines is 1. The van der Waals surface area contributed by atoms with Gasteiger partial charge in [0.05, 0.1) is 12.2 Å². The van der Waals surface area contributed by atoms with E-state index in [4.69, 9.17) is 26.2 Å². The number of aromatic nitrogens is 3. The number of carbonyl (C=O) groups is 1. The van der Waals surface area contributed by atoms with Crippen LogP contribution in [-0.4, -0.2) is 33.1 Å². The normalized spacial score (nSPS) is 14.8. The van der Waals surface area contributed by atoms with E-state index < -0.39 is 6.04 Å². The fourth-order valence-corrected chi connectivity index (χ4v) is 4.99. The Bertz CT molecular complexity index is 1230. The first kappa shape index (κ1) is 27.1. The van der Waals surface area contributed by atoms with Crippen LogP contribution in [0.5, 0.6) is 5.75 Å². The lowest BCUT2D eigenvalue weighted by Gasteiger charge is -2.28. The Morgan fingerprint density at radius 2 is 1.81 bits per heavy atom. The molecule has 0 bridgehead atoms. The minimum absolute atomic E-state index is 0.340. The van der Waals surface area contributed by atoms with Gasteiger partial charge in [-0.15, -0.1) is 5.10 Å². The van der Waals surface area contributed by atoms with Crippen LogP contribution in [0.25, 0.3) is 0 Å². The zero-order valence-electron chi connectivity index (χ0n) is 21.5. The number of nitrogens with one attached hydrogen (secondary N) is 1. The van der Waals surface area contributed by atoms with Crippen molar-refractivity contribution in [3.63, 3.8) is 0 Å². The summed E-state index contributed by atoms with van der Waals surface area (Å²) in [5.74, 6) is 1.96. The Hall–Kier alpha value is -2.97. The lowest BCUT2D eigenvalue weighted by molar-refractivity contribution is -0.139. The van der Waals surface area contributed by atoms with Crippen molar-refractivity contribution < 1.29 is 14.3 Å². The molecule has 0 spiro atoms. The van der Waals surface area contributed by atoms with E-state index in [1.54, 1.807) is 16.4 Å². The number of halogens is 1. The molecule has 4 rings (SSSR count). The third kappa shape index (κ3) is 6.87. The van der Waals surface area contributed by atoms with Gasteiger partial charge in [-0.05, 0) is 55.2 Å². The van der Waals surface area contributed by atoms with E-state index in [1.165, 1.54) is 0 Å². The van der Waals surface area contributed by atoms with Crippen molar-refractivity contribution >= 4 is 35.3 Å². The van der Waals surface area contributed by atoms with E-state index in [-0.39, 0.29) is 5.97 Å². The number of hydrogen-bond acceptors (Lipinski definition) is 7. The Labute approximate surface area is 227 Å². The third-order valence-electron chi connectivity index (χ3n) is 6.03. The predicted octanol–water partition coefficient (Wildman–Crippen LogP) is 7.03. The molecule has 1 aromatic heterocycles. The number of esters is 1. The molecule has 0 saturated heterocycles. The van der Waals surface area contributed by atoms with Crippen LogP contribution in [0.15, 0.2) is 65.0 Å². The van der Waals surface area contributed by atoms with Gasteiger partial charge in [-0.3, -0.25) is 0 Å². The summed E-state index contributed by atoms with van der Waals surface area (Å²) >= 11 is 7.60. The van der Waals surface area contributed by atoms with Crippen molar-refractivity contribution in [1.29, 1.82) is 0 Å². The molecule has 3 aromatic rings. The number of fused-ring (bicyclic) bond motifs is 1. The molecule has 0 saturated carbocycles. The predicted molar refractivity (Wildman–Crippen MR) is 148 cm³/mol. The van der Waals surface area contributed by atoms with E-state index in [9.17, 15) is 4.79 Å². The maximum absolute atomic E-state index is 13.2. The average Bonchev–Trinajstić information content (AvgIpc) is 3.30. The molecule has 9 heteroatoms. The van der Waals surface area contributed by atoms with Crippen molar-refractivity contribution in [3.8, 4) is 5.75 Å². The van der Waals surface area contributed by atoms with Crippen molar-refractivity contribution in [3.05, 3.63) is 76.0 Å². The highest BCUT2D eigenvalue weighted by atomic mass is 35.5. The van der Waals surface area contributed by atoms with Gasteiger partial charge in [0.2, 0.25) is 11.1 Å². The highest BCUT2D eigenvalue weighted by Crippen LogP contribution is 2.37. The number of carbonyl (C=O) groups excluding carboxylic acids is 1. The van der Waals surface area contributed by atoms with Crippen LogP contribution in [-0.2, 0) is 16.1 Å². The van der Waals surface area contributed by atoms with E-state index in [2.05, 4.69) is 24.1 Å². The van der Waals surface area contributed by atoms with Gasteiger partial charge in [-0.1, -0.05) is 74.3 Å². The van der Waals surface area contributed by atoms with Crippen molar-refractivity contribution in [1.82, 2.24) is 14.8 Å². The molecule has 2 aromatic carbocycles. The molecule has 0 amide bonds. The van der Waals surface area contributed by atoms with Gasteiger partial charge in [-0.25, -0.2) is 9.48 Å². The maximum Gasteiger partial charge on any atom is 0.338 e. The summed E-state index contributed by atoms with van der Waals surface area (Å²) in [7, 11) is 0. The number of rotatable bonds is 12. The minimum atomic E-state index is -0.455. The first-order chi connectivity index (χ1) is 18.0. The van der Waals surface area contributed by atoms with E-state index in [0.29, 0.717) is 34.9 Å². The van der Waals surface area contributed by atoms with Crippen LogP contribution < -0.4 is 10.1 Å². The lowest BCUT2D eigenvalue weighted by atomic mass is 9.96. The molecule has 1 aliphatic rings. The number of unbranched alkanes of at least 4 members (excludes halogenated alkanes) is 2. The summed E-state index contributed by atoms with van der Waals surface area (Å²) in [6.45, 7) is 6.94. The highest BCUT2D eigenvalue weighted by molar-refractivity contribution is 7.99. The van der Waals surface area contributed by atoms with Gasteiger partial charge in [0.15, 0.2) is 0 Å². The van der Waals surface area contributed by atoms with Crippen molar-refractivity contribution in [2.75, 3.05) is 17.7 Å². The Morgan fingerprint density at radius 1 is 1.08 bits per heavy atom. The van der Waals surface area contributed by atoms with Gasteiger partial charge in [0.1, 0.15) is 18.4 Å². The number of benzene rings is 2. The molecule has 1 unspecified atom stereocenters. The second-order valence-corrected chi connectivity index (χ2v) is 10.4. The molecule has 7 nitrogen and oxygen atoms in total. The summed E-state index contributed by atoms with van der Waals surface area (Å²) in [5.41, 5.74) is 3.19. The molecule has 0 aliphatic carbocycles. The zero-order valence-corrected chi connectivity index (χ0v) is 23.1. The molecule has 1 atom stereocenters. The smallest absolute Gasteiger partial charge is 0.338 e. The van der Waals surface area contributed by atoms with Gasteiger partial charge in [0, 0.05) is 16.5 Å². The number of thioether (sulfide) groups is 1. The Kier molecular flexibility index (Phi) is 9.52. The third-order valence-corrected chi connectivity index (χ3v) is 7.20. The van der Waals surface area contributed by atoms with E-state index in [0.717, 1.165) is 54.0 Å². The quantitative estimate of drug-likeness (QED) is 0.150. The lowest BCUT2D eigenvalue weighted by Crippen LogP contribution is -2.29. The van der Waals surface area contributed by atoms with E-state index in [1.807, 2.05) is 55.5 Å². The SMILES string of the molecule is CCCCOC(=O)C1=C(C)Nc2nc(SCCCC)nn2C1c1ccc(OCc2ccc(Cl)cc2)cc1. The van der Waals surface area contributed by atoms with Gasteiger partial charge in [-0.2, -0.15) is 4.98 Å². The number of nitrogens with zero attached hydrogens (tertiary/aromatic N) is 3. The molecule has 1 aliphatic heterocycles. The van der Waals surface area contributed by atoms with Crippen molar-refractivity contribution in [2.24, 2.45) is 0 Å². The topological polar surface area (TPSA) is 78.3 Å². The second-order valence-electron chi connectivity index (χ2n) is 8.90. The summed E-state index contributed by atoms with van der Waals surface area (Å²) in [5, 5.41) is 9.43. The standard InChI is InChI=1S/C28H33ClN4O3S/c1-4-6-16-35-26(34)24-19(3)30-27-31-28(37-17-7-5-2)32-33(27)25(24)21-10-14-23(15-11-21)36-18-20-8-12-22(29)13-9-20/h8-15,25H,4-7,16-18H2,1-3H3,(H,30,31,32). The average molecular weight is 541 g/mol. The van der Waals surface area contributed by atoms with E-state index >= 15 is 0 Å². The summed E-state index contributed by atoms with van der Waals surface area (Å²) < 4.78 is 13.4.